The van der Waals surface area contributed by atoms with Crippen LogP contribution in [0.15, 0.2) is 47.0 Å². The van der Waals surface area contributed by atoms with Crippen molar-refractivity contribution in [3.05, 3.63) is 70.3 Å². The maximum atomic E-state index is 13.9. The monoisotopic (exact) mass is 415 g/mol. The molecular formula is C22H23ClFN3O2. The van der Waals surface area contributed by atoms with Gasteiger partial charge in [-0.2, -0.15) is 4.98 Å². The van der Waals surface area contributed by atoms with E-state index >= 15 is 0 Å². The van der Waals surface area contributed by atoms with Crippen molar-refractivity contribution in [2.24, 2.45) is 0 Å². The molecule has 1 heterocycles. The van der Waals surface area contributed by atoms with Gasteiger partial charge in [-0.25, -0.2) is 4.39 Å². The number of nitrogens with zero attached hydrogens (tertiary/aromatic N) is 3. The Labute approximate surface area is 174 Å². The van der Waals surface area contributed by atoms with Crippen molar-refractivity contribution < 1.29 is 13.7 Å². The molecule has 0 aliphatic rings. The number of aromatic nitrogens is 2. The van der Waals surface area contributed by atoms with Gasteiger partial charge in [0.05, 0.1) is 13.0 Å². The van der Waals surface area contributed by atoms with Gasteiger partial charge in [0, 0.05) is 17.6 Å². The molecule has 0 atom stereocenters. The Kier molecular flexibility index (Phi) is 6.03. The first kappa shape index (κ1) is 21.0. The fourth-order valence-corrected chi connectivity index (χ4v) is 2.97. The molecule has 29 heavy (non-hydrogen) atoms. The normalized spacial score (nSPS) is 11.5. The van der Waals surface area contributed by atoms with Crippen LogP contribution in [0, 0.1) is 5.82 Å². The average Bonchev–Trinajstić information content (AvgIpc) is 3.12. The lowest BCUT2D eigenvalue weighted by atomic mass is 9.87. The largest absolute Gasteiger partial charge is 0.337 e. The summed E-state index contributed by atoms with van der Waals surface area (Å²) < 4.78 is 19.2. The highest BCUT2D eigenvalue weighted by Crippen LogP contribution is 2.25. The van der Waals surface area contributed by atoms with Gasteiger partial charge in [-0.3, -0.25) is 4.79 Å². The Morgan fingerprint density at radius 1 is 1.17 bits per heavy atom. The summed E-state index contributed by atoms with van der Waals surface area (Å²) in [7, 11) is 1.61. The molecule has 1 amide bonds. The molecule has 3 aromatic rings. The number of amides is 1. The lowest BCUT2D eigenvalue weighted by molar-refractivity contribution is -0.130. The van der Waals surface area contributed by atoms with E-state index in [1.54, 1.807) is 13.1 Å². The van der Waals surface area contributed by atoms with Crippen molar-refractivity contribution in [1.82, 2.24) is 15.0 Å². The molecule has 0 bridgehead atoms. The Balaban J connectivity index is 1.65. The van der Waals surface area contributed by atoms with Gasteiger partial charge in [0.15, 0.2) is 0 Å². The summed E-state index contributed by atoms with van der Waals surface area (Å²) in [5.74, 6) is 0.0101. The molecule has 7 heteroatoms. The van der Waals surface area contributed by atoms with Crippen LogP contribution < -0.4 is 0 Å². The van der Waals surface area contributed by atoms with Gasteiger partial charge < -0.3 is 9.42 Å². The summed E-state index contributed by atoms with van der Waals surface area (Å²) in [5, 5.41) is 4.29. The molecule has 152 valence electrons. The van der Waals surface area contributed by atoms with Gasteiger partial charge in [0.25, 0.3) is 0 Å². The molecule has 0 saturated heterocycles. The molecule has 0 aliphatic heterocycles. The average molecular weight is 416 g/mol. The Morgan fingerprint density at radius 2 is 1.86 bits per heavy atom. The molecule has 0 radical (unpaired) electrons. The van der Waals surface area contributed by atoms with Gasteiger partial charge in [-0.1, -0.05) is 67.9 Å². The van der Waals surface area contributed by atoms with Crippen LogP contribution in [0.3, 0.4) is 0 Å². The van der Waals surface area contributed by atoms with Crippen LogP contribution in [0.5, 0.6) is 0 Å². The van der Waals surface area contributed by atoms with E-state index in [1.165, 1.54) is 22.6 Å². The topological polar surface area (TPSA) is 59.2 Å². The van der Waals surface area contributed by atoms with E-state index in [2.05, 4.69) is 30.9 Å². The Hall–Kier alpha value is -2.73. The third-order valence-electron chi connectivity index (χ3n) is 4.63. The summed E-state index contributed by atoms with van der Waals surface area (Å²) in [6.07, 6.45) is -0.0746. The van der Waals surface area contributed by atoms with Crippen LogP contribution in [-0.2, 0) is 23.2 Å². The highest BCUT2D eigenvalue weighted by molar-refractivity contribution is 6.30. The number of hydrogen-bond donors (Lipinski definition) is 0. The number of hydrogen-bond acceptors (Lipinski definition) is 4. The van der Waals surface area contributed by atoms with Gasteiger partial charge in [0.2, 0.25) is 17.6 Å². The standard InChI is InChI=1S/C22H23ClFN3O2/c1-22(2,3)16-8-5-14(6-9-16)21-25-19(29-26-21)13-27(4)20(28)11-15-7-10-17(23)12-18(15)24/h5-10,12H,11,13H2,1-4H3. The van der Waals surface area contributed by atoms with E-state index in [0.717, 1.165) is 5.56 Å². The van der Waals surface area contributed by atoms with E-state index < -0.39 is 5.82 Å². The maximum Gasteiger partial charge on any atom is 0.246 e. The smallest absolute Gasteiger partial charge is 0.246 e. The van der Waals surface area contributed by atoms with Crippen molar-refractivity contribution >= 4 is 17.5 Å². The number of carbonyl (C=O) groups is 1. The van der Waals surface area contributed by atoms with Crippen molar-refractivity contribution in [1.29, 1.82) is 0 Å². The van der Waals surface area contributed by atoms with Crippen molar-refractivity contribution in [3.63, 3.8) is 0 Å². The lowest BCUT2D eigenvalue weighted by Gasteiger charge is -2.18. The highest BCUT2D eigenvalue weighted by Gasteiger charge is 2.18. The van der Waals surface area contributed by atoms with Gasteiger partial charge in [0.1, 0.15) is 5.82 Å². The number of likely N-dealkylation sites (N-methyl/N-ethyl adjacent to an activating group) is 1. The molecule has 0 aliphatic carbocycles. The second kappa shape index (κ2) is 8.33. The quantitative estimate of drug-likeness (QED) is 0.586. The molecular weight excluding hydrogens is 393 g/mol. The molecule has 0 fully saturated rings. The first-order chi connectivity index (χ1) is 13.6. The summed E-state index contributed by atoms with van der Waals surface area (Å²) in [6, 6.07) is 12.3. The van der Waals surface area contributed by atoms with Gasteiger partial charge in [-0.05, 0) is 28.7 Å². The Bertz CT molecular complexity index is 1010. The predicted octanol–water partition coefficient (Wildman–Crippen LogP) is 5.03. The predicted molar refractivity (Wildman–Crippen MR) is 110 cm³/mol. The zero-order valence-electron chi connectivity index (χ0n) is 16.9. The van der Waals surface area contributed by atoms with Gasteiger partial charge >= 0.3 is 0 Å². The second-order valence-electron chi connectivity index (χ2n) is 8.00. The zero-order valence-corrected chi connectivity index (χ0v) is 17.6. The van der Waals surface area contributed by atoms with Crippen LogP contribution in [0.1, 0.15) is 37.8 Å². The molecule has 0 N–H and O–H groups in total. The minimum Gasteiger partial charge on any atom is -0.337 e. The first-order valence-corrected chi connectivity index (χ1v) is 9.62. The molecule has 5 nitrogen and oxygen atoms in total. The third kappa shape index (κ3) is 5.21. The van der Waals surface area contributed by atoms with E-state index in [1.807, 2.05) is 24.3 Å². The SMILES string of the molecule is CN(Cc1nc(-c2ccc(C(C)(C)C)cc2)no1)C(=O)Cc1ccc(Cl)cc1F. The van der Waals surface area contributed by atoms with Crippen LogP contribution in [0.25, 0.3) is 11.4 Å². The second-order valence-corrected chi connectivity index (χ2v) is 8.44. The van der Waals surface area contributed by atoms with Crippen LogP contribution in [0.4, 0.5) is 4.39 Å². The Morgan fingerprint density at radius 3 is 2.48 bits per heavy atom. The maximum absolute atomic E-state index is 13.9. The lowest BCUT2D eigenvalue weighted by Crippen LogP contribution is -2.28. The van der Waals surface area contributed by atoms with Crippen molar-refractivity contribution in [3.8, 4) is 11.4 Å². The molecule has 0 unspecified atom stereocenters. The minimum atomic E-state index is -0.502. The summed E-state index contributed by atoms with van der Waals surface area (Å²) >= 11 is 5.74. The van der Waals surface area contributed by atoms with E-state index in [-0.39, 0.29) is 29.9 Å². The molecule has 2 aromatic carbocycles. The number of rotatable bonds is 5. The summed E-state index contributed by atoms with van der Waals surface area (Å²) in [4.78, 5) is 18.2. The zero-order chi connectivity index (χ0) is 21.2. The fourth-order valence-electron chi connectivity index (χ4n) is 2.81. The fraction of sp³-hybridized carbons (Fsp3) is 0.318. The highest BCUT2D eigenvalue weighted by atomic mass is 35.5. The number of benzene rings is 2. The van der Waals surface area contributed by atoms with Gasteiger partial charge in [-0.15, -0.1) is 0 Å². The third-order valence-corrected chi connectivity index (χ3v) is 4.87. The van der Waals surface area contributed by atoms with Crippen molar-refractivity contribution in [2.75, 3.05) is 7.05 Å². The van der Waals surface area contributed by atoms with Crippen molar-refractivity contribution in [2.45, 2.75) is 39.2 Å². The summed E-state index contributed by atoms with van der Waals surface area (Å²) in [6.45, 7) is 6.59. The first-order valence-electron chi connectivity index (χ1n) is 9.25. The number of halogens is 2. The van der Waals surface area contributed by atoms with E-state index in [0.29, 0.717) is 16.7 Å². The number of carbonyl (C=O) groups excluding carboxylic acids is 1. The van der Waals surface area contributed by atoms with Crippen LogP contribution in [-0.4, -0.2) is 28.0 Å². The van der Waals surface area contributed by atoms with Crippen LogP contribution >= 0.6 is 11.6 Å². The van der Waals surface area contributed by atoms with E-state index in [9.17, 15) is 9.18 Å². The molecule has 1 aromatic heterocycles. The minimum absolute atomic E-state index is 0.0631. The summed E-state index contributed by atoms with van der Waals surface area (Å²) in [5.41, 5.74) is 2.40. The molecule has 0 spiro atoms. The van der Waals surface area contributed by atoms with Crippen LogP contribution in [0.2, 0.25) is 5.02 Å². The molecule has 0 saturated carbocycles. The van der Waals surface area contributed by atoms with E-state index in [4.69, 9.17) is 16.1 Å². The molecule has 3 rings (SSSR count).